The lowest BCUT2D eigenvalue weighted by atomic mass is 10.1. The molecule has 0 fully saturated rings. The van der Waals surface area contributed by atoms with Gasteiger partial charge in [-0.05, 0) is 5.56 Å². The summed E-state index contributed by atoms with van der Waals surface area (Å²) in [5.74, 6) is -1.66. The van der Waals surface area contributed by atoms with Crippen LogP contribution in [0.1, 0.15) is 17.3 Å². The molecule has 0 spiro atoms. The molecule has 7 heteroatoms. The third kappa shape index (κ3) is 3.90. The van der Waals surface area contributed by atoms with Gasteiger partial charge in [0.15, 0.2) is 0 Å². The van der Waals surface area contributed by atoms with E-state index in [0.29, 0.717) is 11.3 Å². The molecule has 1 aromatic heterocycles. The number of aromatic nitrogens is 2. The quantitative estimate of drug-likeness (QED) is 0.606. The molecular weight excluding hydrogens is 272 g/mol. The van der Waals surface area contributed by atoms with Gasteiger partial charge in [-0.15, -0.1) is 0 Å². The summed E-state index contributed by atoms with van der Waals surface area (Å²) >= 11 is 0. The Hall–Kier alpha value is -2.67. The molecule has 1 aromatic carbocycles. The van der Waals surface area contributed by atoms with E-state index >= 15 is 0 Å². The Morgan fingerprint density at radius 1 is 1.33 bits per heavy atom. The van der Waals surface area contributed by atoms with Gasteiger partial charge in [0.25, 0.3) is 0 Å². The molecule has 7 nitrogen and oxygen atoms in total. The van der Waals surface area contributed by atoms with Gasteiger partial charge in [0, 0.05) is 18.3 Å². The zero-order chi connectivity index (χ0) is 15.2. The topological polar surface area (TPSA) is 121 Å². The molecule has 0 saturated carbocycles. The number of carboxylic acids is 1. The van der Waals surface area contributed by atoms with Crippen molar-refractivity contribution < 1.29 is 14.7 Å². The average molecular weight is 288 g/mol. The van der Waals surface area contributed by atoms with Crippen LogP contribution in [0.2, 0.25) is 0 Å². The fraction of sp³-hybridized carbons (Fsp3) is 0.214. The molecular formula is C14H16N4O3. The van der Waals surface area contributed by atoms with Crippen LogP contribution in [-0.2, 0) is 16.0 Å². The van der Waals surface area contributed by atoms with Crippen molar-refractivity contribution in [1.82, 2.24) is 15.3 Å². The van der Waals surface area contributed by atoms with E-state index in [0.717, 1.165) is 0 Å². The molecule has 110 valence electrons. The normalized spacial score (nSPS) is 13.4. The van der Waals surface area contributed by atoms with Crippen molar-refractivity contribution in [3.63, 3.8) is 0 Å². The number of aliphatic carboxylic acids is 1. The number of carbonyl (C=O) groups excluding carboxylic acids is 1. The summed E-state index contributed by atoms with van der Waals surface area (Å²) in [6.07, 6.45) is 3.08. The molecule has 1 heterocycles. The zero-order valence-electron chi connectivity index (χ0n) is 11.2. The summed E-state index contributed by atoms with van der Waals surface area (Å²) in [7, 11) is 0. The maximum atomic E-state index is 12.1. The monoisotopic (exact) mass is 288 g/mol. The number of rotatable bonds is 6. The van der Waals surface area contributed by atoms with Gasteiger partial charge in [0.1, 0.15) is 12.1 Å². The molecule has 1 amide bonds. The summed E-state index contributed by atoms with van der Waals surface area (Å²) in [5, 5.41) is 11.6. The molecule has 2 aromatic rings. The first-order valence-corrected chi connectivity index (χ1v) is 6.39. The zero-order valence-corrected chi connectivity index (χ0v) is 11.2. The fourth-order valence-electron chi connectivity index (χ4n) is 1.89. The number of nitrogens with one attached hydrogen (secondary N) is 2. The van der Waals surface area contributed by atoms with Gasteiger partial charge in [-0.25, -0.2) is 9.78 Å². The minimum Gasteiger partial charge on any atom is -0.480 e. The first-order valence-electron chi connectivity index (χ1n) is 6.39. The molecule has 2 atom stereocenters. The highest BCUT2D eigenvalue weighted by atomic mass is 16.4. The van der Waals surface area contributed by atoms with E-state index in [2.05, 4.69) is 15.3 Å². The number of nitrogens with zero attached hydrogens (tertiary/aromatic N) is 1. The standard InChI is InChI=1S/C14H16N4O3/c15-12(9-4-2-1-3-5-9)13(19)18-11(14(20)21)6-10-7-16-8-17-10/h1-5,7-8,11-12H,6,15H2,(H,16,17)(H,18,19)(H,20,21)/t11-,12+/m0/s1. The van der Waals surface area contributed by atoms with E-state index in [1.165, 1.54) is 12.5 Å². The number of benzene rings is 1. The van der Waals surface area contributed by atoms with Crippen LogP contribution in [0.3, 0.4) is 0 Å². The van der Waals surface area contributed by atoms with Crippen LogP contribution in [0.15, 0.2) is 42.9 Å². The first kappa shape index (κ1) is 14.7. The van der Waals surface area contributed by atoms with Crippen LogP contribution in [0.4, 0.5) is 0 Å². The van der Waals surface area contributed by atoms with Crippen LogP contribution in [-0.4, -0.2) is 33.0 Å². The van der Waals surface area contributed by atoms with Crippen molar-refractivity contribution in [3.05, 3.63) is 54.1 Å². The Kier molecular flexibility index (Phi) is 4.68. The Balaban J connectivity index is 2.03. The van der Waals surface area contributed by atoms with E-state index in [9.17, 15) is 14.7 Å². The number of H-pyrrole nitrogens is 1. The van der Waals surface area contributed by atoms with Gasteiger partial charge in [-0.1, -0.05) is 30.3 Å². The minimum absolute atomic E-state index is 0.114. The molecule has 0 aliphatic heterocycles. The van der Waals surface area contributed by atoms with E-state index in [1.54, 1.807) is 24.3 Å². The lowest BCUT2D eigenvalue weighted by molar-refractivity contribution is -0.142. The second kappa shape index (κ2) is 6.67. The first-order chi connectivity index (χ1) is 10.1. The molecule has 0 aliphatic carbocycles. The van der Waals surface area contributed by atoms with Crippen molar-refractivity contribution in [2.24, 2.45) is 5.73 Å². The van der Waals surface area contributed by atoms with E-state index in [1.807, 2.05) is 6.07 Å². The smallest absolute Gasteiger partial charge is 0.326 e. The average Bonchev–Trinajstić information content (AvgIpc) is 2.99. The lowest BCUT2D eigenvalue weighted by Gasteiger charge is -2.17. The maximum Gasteiger partial charge on any atom is 0.326 e. The molecule has 0 unspecified atom stereocenters. The number of nitrogens with two attached hydrogens (primary N) is 1. The van der Waals surface area contributed by atoms with Crippen molar-refractivity contribution >= 4 is 11.9 Å². The van der Waals surface area contributed by atoms with E-state index < -0.39 is 24.0 Å². The molecule has 0 aliphatic rings. The summed E-state index contributed by atoms with van der Waals surface area (Å²) in [5.41, 5.74) is 7.08. The van der Waals surface area contributed by atoms with Crippen molar-refractivity contribution in [3.8, 4) is 0 Å². The van der Waals surface area contributed by atoms with Gasteiger partial charge in [-0.3, -0.25) is 4.79 Å². The summed E-state index contributed by atoms with van der Waals surface area (Å²) in [6.45, 7) is 0. The second-order valence-corrected chi connectivity index (χ2v) is 4.57. The third-order valence-corrected chi connectivity index (χ3v) is 3.03. The number of aromatic amines is 1. The van der Waals surface area contributed by atoms with Gasteiger partial charge < -0.3 is 21.1 Å². The second-order valence-electron chi connectivity index (χ2n) is 4.57. The Bertz CT molecular complexity index is 598. The van der Waals surface area contributed by atoms with Gasteiger partial charge in [0.05, 0.1) is 6.33 Å². The predicted octanol–water partition coefficient (Wildman–Crippen LogP) is 0.222. The summed E-state index contributed by atoms with van der Waals surface area (Å²) in [6, 6.07) is 6.81. The molecule has 0 bridgehead atoms. The highest BCUT2D eigenvalue weighted by Gasteiger charge is 2.24. The summed E-state index contributed by atoms with van der Waals surface area (Å²) in [4.78, 5) is 29.9. The maximum absolute atomic E-state index is 12.1. The molecule has 0 saturated heterocycles. The fourth-order valence-corrected chi connectivity index (χ4v) is 1.89. The predicted molar refractivity (Wildman–Crippen MR) is 75.2 cm³/mol. The number of carbonyl (C=O) groups is 2. The Morgan fingerprint density at radius 3 is 2.62 bits per heavy atom. The van der Waals surface area contributed by atoms with Crippen LogP contribution in [0.5, 0.6) is 0 Å². The molecule has 5 N–H and O–H groups in total. The number of imidazole rings is 1. The Morgan fingerprint density at radius 2 is 2.05 bits per heavy atom. The van der Waals surface area contributed by atoms with Gasteiger partial charge in [0.2, 0.25) is 5.91 Å². The Labute approximate surface area is 121 Å². The van der Waals surface area contributed by atoms with Crippen LogP contribution >= 0.6 is 0 Å². The number of hydrogen-bond acceptors (Lipinski definition) is 4. The van der Waals surface area contributed by atoms with Crippen molar-refractivity contribution in [1.29, 1.82) is 0 Å². The number of amides is 1. The number of carboxylic acid groups (broad SMARTS) is 1. The largest absolute Gasteiger partial charge is 0.480 e. The van der Waals surface area contributed by atoms with Crippen molar-refractivity contribution in [2.75, 3.05) is 0 Å². The molecule has 2 rings (SSSR count). The number of hydrogen-bond donors (Lipinski definition) is 4. The molecule has 0 radical (unpaired) electrons. The highest BCUT2D eigenvalue weighted by Crippen LogP contribution is 2.10. The molecule has 21 heavy (non-hydrogen) atoms. The third-order valence-electron chi connectivity index (χ3n) is 3.03. The van der Waals surface area contributed by atoms with Crippen LogP contribution < -0.4 is 11.1 Å². The van der Waals surface area contributed by atoms with E-state index in [-0.39, 0.29) is 6.42 Å². The van der Waals surface area contributed by atoms with Crippen LogP contribution in [0, 0.1) is 0 Å². The minimum atomic E-state index is -1.13. The van der Waals surface area contributed by atoms with Gasteiger partial charge in [-0.2, -0.15) is 0 Å². The van der Waals surface area contributed by atoms with Crippen LogP contribution in [0.25, 0.3) is 0 Å². The van der Waals surface area contributed by atoms with Crippen molar-refractivity contribution in [2.45, 2.75) is 18.5 Å². The van der Waals surface area contributed by atoms with E-state index in [4.69, 9.17) is 5.73 Å². The van der Waals surface area contributed by atoms with Gasteiger partial charge >= 0.3 is 5.97 Å². The lowest BCUT2D eigenvalue weighted by Crippen LogP contribution is -2.46. The highest BCUT2D eigenvalue weighted by molar-refractivity contribution is 5.87. The summed E-state index contributed by atoms with van der Waals surface area (Å²) < 4.78 is 0. The SMILES string of the molecule is N[C@@H](C(=O)N[C@@H](Cc1cnc[nH]1)C(=O)O)c1ccccc1.